The number of benzene rings is 2. The molecular formula is C57H68FN11O6S. The third kappa shape index (κ3) is 10.4. The summed E-state index contributed by atoms with van der Waals surface area (Å²) >= 11 is 1.56. The largest absolute Gasteiger partial charge is 0.507 e. The number of hydrogen-bond donors (Lipinski definition) is 5. The number of amides is 3. The quantitative estimate of drug-likeness (QED) is 0.0746. The number of para-hydroxylation sites is 1. The van der Waals surface area contributed by atoms with E-state index in [0.717, 1.165) is 109 Å². The molecule has 0 spiro atoms. The van der Waals surface area contributed by atoms with Gasteiger partial charge in [-0.25, -0.2) is 19.3 Å². The first-order chi connectivity index (χ1) is 36.5. The van der Waals surface area contributed by atoms with E-state index in [1.807, 2.05) is 61.2 Å². The van der Waals surface area contributed by atoms with Gasteiger partial charge in [-0.3, -0.25) is 14.4 Å². The van der Waals surface area contributed by atoms with E-state index in [2.05, 4.69) is 47.5 Å². The number of aliphatic hydroxyl groups is 1. The number of phenols is 1. The lowest BCUT2D eigenvalue weighted by molar-refractivity contribution is -0.145. The smallest absolute Gasteiger partial charge is 0.258 e. The molecule has 76 heavy (non-hydrogen) atoms. The number of ether oxygens (including phenoxy) is 1. The molecule has 2 saturated heterocycles. The number of aryl methyl sites for hydroxylation is 1. The first-order valence-electron chi connectivity index (χ1n) is 27.0. The molecule has 2 aromatic carbocycles. The second-order valence-electron chi connectivity index (χ2n) is 22.8. The van der Waals surface area contributed by atoms with Crippen molar-refractivity contribution in [3.63, 3.8) is 0 Å². The highest BCUT2D eigenvalue weighted by molar-refractivity contribution is 7.13. The Balaban J connectivity index is 0.697. The van der Waals surface area contributed by atoms with Gasteiger partial charge in [0.2, 0.25) is 17.8 Å². The summed E-state index contributed by atoms with van der Waals surface area (Å²) in [6, 6.07) is 13.6. The Bertz CT molecular complexity index is 3120. The summed E-state index contributed by atoms with van der Waals surface area (Å²) in [7, 11) is 0. The number of phenolic OH excluding ortho intramolecular Hbond substituents is 1. The molecule has 400 valence electrons. The van der Waals surface area contributed by atoms with E-state index >= 15 is 0 Å². The van der Waals surface area contributed by atoms with Gasteiger partial charge >= 0.3 is 0 Å². The minimum atomic E-state index is -1.97. The number of aromatic nitrogens is 6. The Hall–Kier alpha value is -6.57. The topological polar surface area (TPSA) is 215 Å². The number of halogens is 1. The number of hydrogen-bond acceptors (Lipinski definition) is 14. The van der Waals surface area contributed by atoms with E-state index in [1.54, 1.807) is 44.2 Å². The van der Waals surface area contributed by atoms with Crippen molar-refractivity contribution >= 4 is 46.0 Å². The first kappa shape index (κ1) is 51.5. The number of aromatic amines is 1. The molecule has 5 N–H and O–H groups in total. The molecule has 19 heteroatoms. The van der Waals surface area contributed by atoms with Crippen LogP contribution < -0.4 is 20.3 Å². The molecular weight excluding hydrogens is 986 g/mol. The number of rotatable bonds is 13. The van der Waals surface area contributed by atoms with Crippen molar-refractivity contribution < 1.29 is 33.7 Å². The van der Waals surface area contributed by atoms with Crippen LogP contribution in [0.4, 0.5) is 10.3 Å². The fourth-order valence-electron chi connectivity index (χ4n) is 12.0. The average Bonchev–Trinajstić information content (AvgIpc) is 3.67. The molecule has 3 aliphatic heterocycles. The number of anilines is 1. The van der Waals surface area contributed by atoms with Crippen molar-refractivity contribution in [2.45, 2.75) is 153 Å². The van der Waals surface area contributed by atoms with Gasteiger partial charge in [-0.05, 0) is 125 Å². The fraction of sp³-hybridized carbons (Fsp3) is 0.509. The second kappa shape index (κ2) is 20.8. The normalized spacial score (nSPS) is 23.3. The highest BCUT2D eigenvalue weighted by Gasteiger charge is 2.53. The predicted octanol–water partition coefficient (Wildman–Crippen LogP) is 7.86. The Morgan fingerprint density at radius 1 is 0.974 bits per heavy atom. The van der Waals surface area contributed by atoms with E-state index in [9.17, 15) is 29.0 Å². The predicted molar refractivity (Wildman–Crippen MR) is 287 cm³/mol. The van der Waals surface area contributed by atoms with Crippen LogP contribution in [0.5, 0.6) is 11.5 Å². The second-order valence-corrected chi connectivity index (χ2v) is 23.6. The van der Waals surface area contributed by atoms with Gasteiger partial charge in [-0.1, -0.05) is 45.0 Å². The molecule has 11 rings (SSSR count). The molecule has 7 heterocycles. The summed E-state index contributed by atoms with van der Waals surface area (Å²) in [5.74, 6) is 0.188. The number of nitrogens with one attached hydrogen (secondary N) is 3. The number of carbonyl (C=O) groups is 3. The Morgan fingerprint density at radius 3 is 2.42 bits per heavy atom. The fourth-order valence-corrected chi connectivity index (χ4v) is 12.8. The minimum Gasteiger partial charge on any atom is -0.507 e. The van der Waals surface area contributed by atoms with E-state index in [1.165, 1.54) is 10.5 Å². The van der Waals surface area contributed by atoms with E-state index in [-0.39, 0.29) is 50.2 Å². The van der Waals surface area contributed by atoms with E-state index in [4.69, 9.17) is 14.7 Å². The number of thiazole rings is 1. The van der Waals surface area contributed by atoms with Crippen molar-refractivity contribution in [2.24, 2.45) is 5.41 Å². The summed E-state index contributed by atoms with van der Waals surface area (Å²) in [5, 5.41) is 36.8. The van der Waals surface area contributed by atoms with Gasteiger partial charge in [0.1, 0.15) is 23.6 Å². The van der Waals surface area contributed by atoms with Gasteiger partial charge in [0.05, 0.1) is 40.0 Å². The Labute approximate surface area is 446 Å². The van der Waals surface area contributed by atoms with Gasteiger partial charge in [0.15, 0.2) is 11.3 Å². The van der Waals surface area contributed by atoms with Crippen molar-refractivity contribution in [1.82, 2.24) is 50.6 Å². The summed E-state index contributed by atoms with van der Waals surface area (Å²) in [6.45, 7) is 12.4. The first-order valence-corrected chi connectivity index (χ1v) is 27.8. The summed E-state index contributed by atoms with van der Waals surface area (Å²) in [4.78, 5) is 66.0. The molecule has 4 aromatic heterocycles. The van der Waals surface area contributed by atoms with Crippen molar-refractivity contribution in [3.05, 3.63) is 94.5 Å². The van der Waals surface area contributed by atoms with Crippen LogP contribution in [0.2, 0.25) is 0 Å². The zero-order valence-electron chi connectivity index (χ0n) is 43.9. The molecule has 0 unspecified atom stereocenters. The maximum Gasteiger partial charge on any atom is 0.258 e. The molecule has 2 saturated carbocycles. The molecule has 0 radical (unpaired) electrons. The molecule has 3 amide bonds. The van der Waals surface area contributed by atoms with Crippen LogP contribution in [0.25, 0.3) is 32.7 Å². The standard InChI is InChI=1S/C57H68FN11O6S/c1-32-49(76-31-62-32)35-10-11-36(27-59-52(72)45-25-39(70)30-69(45)53(73)50(56(3,4)5)64-54(74)57(58)19-20-57)47(24-35)75-40-14-12-38(13-15-40)67-21-16-34(17-22-67)37-28-60-55(61-29-37)68-23-18-43-48(33(68)2)42-26-44(65-66-51(42)63-43)41-8-6-7-9-46(41)71/h6-11,24,26,28-29,31,33-34,38-40,45,50,70-71H,12-23,25,27,30H2,1-5H3,(H,59,72)(H,63,66)(H,64,74)/t33-,38?,39-,40?,45+,50-/m1/s1. The molecule has 0 bridgehead atoms. The summed E-state index contributed by atoms with van der Waals surface area (Å²) in [6.07, 6.45) is 10.1. The maximum absolute atomic E-state index is 14.7. The molecule has 6 aromatic rings. The van der Waals surface area contributed by atoms with Crippen LogP contribution in [0, 0.1) is 12.3 Å². The van der Waals surface area contributed by atoms with Crippen LogP contribution in [0.1, 0.15) is 126 Å². The van der Waals surface area contributed by atoms with Gasteiger partial charge in [0.25, 0.3) is 5.91 Å². The van der Waals surface area contributed by atoms with E-state index < -0.39 is 47.0 Å². The highest BCUT2D eigenvalue weighted by Crippen LogP contribution is 2.42. The molecule has 4 atom stereocenters. The summed E-state index contributed by atoms with van der Waals surface area (Å²) < 4.78 is 21.6. The number of carbonyl (C=O) groups excluding carboxylic acids is 3. The number of aliphatic hydroxyl groups excluding tert-OH is 1. The number of piperidine rings is 1. The molecule has 4 fully saturated rings. The van der Waals surface area contributed by atoms with E-state index in [0.29, 0.717) is 34.9 Å². The number of H-pyrrole nitrogens is 1. The lowest BCUT2D eigenvalue weighted by Gasteiger charge is -2.41. The molecule has 17 nitrogen and oxygen atoms in total. The van der Waals surface area contributed by atoms with Gasteiger partial charge in [0, 0.05) is 78.7 Å². The number of fused-ring (bicyclic) bond motifs is 3. The summed E-state index contributed by atoms with van der Waals surface area (Å²) in [5.41, 5.74) is 7.26. The monoisotopic (exact) mass is 1050 g/mol. The molecule has 2 aliphatic carbocycles. The highest BCUT2D eigenvalue weighted by atomic mass is 32.1. The SMILES string of the molecule is Cc1ncsc1-c1ccc(CNC(=O)[C@@H]2C[C@@H](O)CN2C(=O)[C@@H](NC(=O)C2(F)CC2)C(C)(C)C)c(OC2CCC(N3CCC(c4cnc(N5CCc6[nH]c7nnc(-c8ccccc8O)cc7c6[C@H]5C)nc4)CC3)CC2)c1. The van der Waals surface area contributed by atoms with Gasteiger partial charge < -0.3 is 45.3 Å². The number of alkyl halides is 1. The maximum atomic E-state index is 14.7. The minimum absolute atomic E-state index is 0.00311. The van der Waals surface area contributed by atoms with Crippen LogP contribution >= 0.6 is 11.3 Å². The third-order valence-electron chi connectivity index (χ3n) is 16.6. The lowest BCUT2D eigenvalue weighted by Crippen LogP contribution is -2.59. The number of aromatic hydroxyl groups is 1. The Morgan fingerprint density at radius 2 is 1.72 bits per heavy atom. The third-order valence-corrected chi connectivity index (χ3v) is 17.6. The Kier molecular flexibility index (Phi) is 14.1. The number of β-amino-alcohol motifs (C(OH)–C–C–N with tert-alkyl or cyclic N) is 1. The van der Waals surface area contributed by atoms with Crippen molar-refractivity contribution in [2.75, 3.05) is 31.1 Å². The number of nitrogens with zero attached hydrogens (tertiary/aromatic N) is 8. The van der Waals surface area contributed by atoms with Crippen molar-refractivity contribution in [3.8, 4) is 33.2 Å². The lowest BCUT2D eigenvalue weighted by atomic mass is 9.85. The van der Waals surface area contributed by atoms with Crippen LogP contribution in [-0.4, -0.2) is 130 Å². The van der Waals surface area contributed by atoms with Gasteiger partial charge in [-0.15, -0.1) is 21.5 Å². The van der Waals surface area contributed by atoms with Crippen LogP contribution in [-0.2, 0) is 27.3 Å². The molecule has 5 aliphatic rings. The van der Waals surface area contributed by atoms with Gasteiger partial charge in [-0.2, -0.15) is 0 Å². The zero-order valence-corrected chi connectivity index (χ0v) is 44.7. The van der Waals surface area contributed by atoms with Crippen molar-refractivity contribution in [1.29, 1.82) is 0 Å². The average molecular weight is 1050 g/mol. The number of likely N-dealkylation sites (tertiary alicyclic amines) is 2. The zero-order chi connectivity index (χ0) is 53.0. The van der Waals surface area contributed by atoms with Crippen LogP contribution in [0.3, 0.4) is 0 Å². The van der Waals surface area contributed by atoms with Crippen LogP contribution in [0.15, 0.2) is 66.4 Å².